The first-order valence-corrected chi connectivity index (χ1v) is 13.0. The molecule has 0 fully saturated rings. The van der Waals surface area contributed by atoms with E-state index in [-0.39, 0.29) is 11.8 Å². The highest BCUT2D eigenvalue weighted by Crippen LogP contribution is 2.14. The smallest absolute Gasteiger partial charge is 0.222 e. The molecule has 2 aromatic rings. The highest BCUT2D eigenvalue weighted by molar-refractivity contribution is 5.76. The van der Waals surface area contributed by atoms with Gasteiger partial charge in [-0.15, -0.1) is 0 Å². The Labute approximate surface area is 216 Å². The first kappa shape index (κ1) is 28.6. The van der Waals surface area contributed by atoms with Crippen LogP contribution >= 0.6 is 0 Å². The van der Waals surface area contributed by atoms with E-state index in [1.165, 1.54) is 0 Å². The summed E-state index contributed by atoms with van der Waals surface area (Å²) in [6.07, 6.45) is 7.43. The third kappa shape index (κ3) is 11.7. The molecule has 0 saturated carbocycles. The fourth-order valence-electron chi connectivity index (χ4n) is 4.14. The first-order valence-electron chi connectivity index (χ1n) is 13.0. The second-order valence-corrected chi connectivity index (χ2v) is 9.04. The molecule has 6 heteroatoms. The van der Waals surface area contributed by atoms with Crippen LogP contribution in [0, 0.1) is 22.7 Å². The molecule has 0 bridgehead atoms. The van der Waals surface area contributed by atoms with E-state index in [0.29, 0.717) is 51.9 Å². The van der Waals surface area contributed by atoms with Crippen LogP contribution < -0.4 is 0 Å². The van der Waals surface area contributed by atoms with Crippen LogP contribution in [0.15, 0.2) is 60.7 Å². The average Bonchev–Trinajstić information content (AvgIpc) is 2.91. The Hall–Kier alpha value is -3.64. The summed E-state index contributed by atoms with van der Waals surface area (Å²) in [5, 5.41) is 17.8. The number of hydrogen-bond donors (Lipinski definition) is 0. The maximum Gasteiger partial charge on any atom is 0.222 e. The van der Waals surface area contributed by atoms with E-state index in [9.17, 15) is 9.59 Å². The number of nitrogens with zero attached hydrogens (tertiary/aromatic N) is 4. The van der Waals surface area contributed by atoms with Crippen molar-refractivity contribution in [1.82, 2.24) is 9.80 Å². The summed E-state index contributed by atoms with van der Waals surface area (Å²) < 4.78 is 0. The summed E-state index contributed by atoms with van der Waals surface area (Å²) in [6.45, 7) is 2.03. The Kier molecular flexibility index (Phi) is 14.1. The lowest BCUT2D eigenvalue weighted by Crippen LogP contribution is -2.31. The Morgan fingerprint density at radius 3 is 1.31 bits per heavy atom. The van der Waals surface area contributed by atoms with E-state index in [1.807, 2.05) is 60.7 Å². The molecule has 0 N–H and O–H groups in total. The molecular formula is C30H38N4O2. The van der Waals surface area contributed by atoms with Crippen LogP contribution in [0.4, 0.5) is 0 Å². The van der Waals surface area contributed by atoms with Gasteiger partial charge < -0.3 is 9.80 Å². The van der Waals surface area contributed by atoms with Gasteiger partial charge in [-0.05, 0) is 24.0 Å². The van der Waals surface area contributed by atoms with Gasteiger partial charge in [-0.1, -0.05) is 86.3 Å². The maximum atomic E-state index is 12.7. The molecule has 6 nitrogen and oxygen atoms in total. The number of unbranched alkanes of at least 4 members (excludes halogenated alkanes) is 5. The fraction of sp³-hybridized carbons (Fsp3) is 0.467. The van der Waals surface area contributed by atoms with E-state index < -0.39 is 0 Å². The van der Waals surface area contributed by atoms with Crippen LogP contribution in [0.5, 0.6) is 0 Å². The van der Waals surface area contributed by atoms with Crippen LogP contribution in [0.3, 0.4) is 0 Å². The van der Waals surface area contributed by atoms with Crippen LogP contribution in [0.1, 0.15) is 75.3 Å². The average molecular weight is 487 g/mol. The predicted octanol–water partition coefficient (Wildman–Crippen LogP) is 5.99. The quantitative estimate of drug-likeness (QED) is 0.257. The molecule has 0 atom stereocenters. The van der Waals surface area contributed by atoms with Gasteiger partial charge in [-0.3, -0.25) is 9.59 Å². The number of benzene rings is 2. The van der Waals surface area contributed by atoms with Gasteiger partial charge in [-0.2, -0.15) is 10.5 Å². The molecule has 2 rings (SSSR count). The van der Waals surface area contributed by atoms with Crippen molar-refractivity contribution < 1.29 is 9.59 Å². The Morgan fingerprint density at radius 2 is 0.944 bits per heavy atom. The van der Waals surface area contributed by atoms with Gasteiger partial charge in [0.05, 0.1) is 25.0 Å². The summed E-state index contributed by atoms with van der Waals surface area (Å²) in [5.41, 5.74) is 2.15. The number of amides is 2. The summed E-state index contributed by atoms with van der Waals surface area (Å²) >= 11 is 0. The number of carbonyl (C=O) groups is 2. The molecular weight excluding hydrogens is 448 g/mol. The van der Waals surface area contributed by atoms with Gasteiger partial charge in [0.15, 0.2) is 0 Å². The van der Waals surface area contributed by atoms with E-state index in [1.54, 1.807) is 9.80 Å². The first-order chi connectivity index (χ1) is 17.6. The van der Waals surface area contributed by atoms with Crippen molar-refractivity contribution in [2.24, 2.45) is 0 Å². The molecule has 2 aromatic carbocycles. The topological polar surface area (TPSA) is 88.2 Å². The SMILES string of the molecule is N#CCCN(Cc1ccccc1)C(=O)CCCCCCCCC(=O)N(CCC#N)Cc1ccccc1. The zero-order valence-electron chi connectivity index (χ0n) is 21.3. The third-order valence-electron chi connectivity index (χ3n) is 6.16. The Bertz CT molecular complexity index is 898. The summed E-state index contributed by atoms with van der Waals surface area (Å²) in [5.74, 6) is 0.214. The summed E-state index contributed by atoms with van der Waals surface area (Å²) in [6, 6.07) is 24.0. The molecule has 0 heterocycles. The molecule has 2 amide bonds. The molecule has 0 spiro atoms. The van der Waals surface area contributed by atoms with Crippen LogP contribution in [0.25, 0.3) is 0 Å². The summed E-state index contributed by atoms with van der Waals surface area (Å²) in [7, 11) is 0. The van der Waals surface area contributed by atoms with Crippen molar-refractivity contribution in [2.45, 2.75) is 77.3 Å². The fourth-order valence-corrected chi connectivity index (χ4v) is 4.14. The molecule has 0 radical (unpaired) electrons. The van der Waals surface area contributed by atoms with Gasteiger partial charge in [0.25, 0.3) is 0 Å². The highest BCUT2D eigenvalue weighted by Gasteiger charge is 2.14. The van der Waals surface area contributed by atoms with Crippen molar-refractivity contribution in [1.29, 1.82) is 10.5 Å². The zero-order valence-corrected chi connectivity index (χ0v) is 21.3. The molecule has 190 valence electrons. The summed E-state index contributed by atoms with van der Waals surface area (Å²) in [4.78, 5) is 29.0. The Balaban J connectivity index is 1.62. The van der Waals surface area contributed by atoms with Crippen LogP contribution in [-0.4, -0.2) is 34.7 Å². The Morgan fingerprint density at radius 1 is 0.583 bits per heavy atom. The van der Waals surface area contributed by atoms with Gasteiger partial charge in [0.2, 0.25) is 11.8 Å². The molecule has 36 heavy (non-hydrogen) atoms. The third-order valence-corrected chi connectivity index (χ3v) is 6.16. The molecule has 0 aliphatic carbocycles. The lowest BCUT2D eigenvalue weighted by atomic mass is 10.1. The van der Waals surface area contributed by atoms with Crippen LogP contribution in [-0.2, 0) is 22.7 Å². The van der Waals surface area contributed by atoms with Crippen molar-refractivity contribution >= 4 is 11.8 Å². The number of nitriles is 2. The normalized spacial score (nSPS) is 10.3. The molecule has 0 aromatic heterocycles. The zero-order chi connectivity index (χ0) is 25.8. The van der Waals surface area contributed by atoms with Gasteiger partial charge >= 0.3 is 0 Å². The van der Waals surface area contributed by atoms with E-state index in [2.05, 4.69) is 12.1 Å². The number of hydrogen-bond acceptors (Lipinski definition) is 4. The van der Waals surface area contributed by atoms with Gasteiger partial charge in [-0.25, -0.2) is 0 Å². The van der Waals surface area contributed by atoms with Crippen molar-refractivity contribution in [3.8, 4) is 12.1 Å². The maximum absolute atomic E-state index is 12.7. The van der Waals surface area contributed by atoms with Crippen LogP contribution in [0.2, 0.25) is 0 Å². The lowest BCUT2D eigenvalue weighted by Gasteiger charge is -2.22. The minimum Gasteiger partial charge on any atom is -0.337 e. The van der Waals surface area contributed by atoms with Crippen molar-refractivity contribution in [3.63, 3.8) is 0 Å². The highest BCUT2D eigenvalue weighted by atomic mass is 16.2. The van der Waals surface area contributed by atoms with E-state index >= 15 is 0 Å². The largest absolute Gasteiger partial charge is 0.337 e. The monoisotopic (exact) mass is 486 g/mol. The second kappa shape index (κ2) is 17.7. The minimum atomic E-state index is 0.107. The molecule has 0 aliphatic heterocycles. The van der Waals surface area contributed by atoms with Crippen molar-refractivity contribution in [3.05, 3.63) is 71.8 Å². The molecule has 0 aliphatic rings. The van der Waals surface area contributed by atoms with Gasteiger partial charge in [0, 0.05) is 39.0 Å². The molecule has 0 saturated heterocycles. The lowest BCUT2D eigenvalue weighted by molar-refractivity contribution is -0.132. The minimum absolute atomic E-state index is 0.107. The number of rotatable bonds is 17. The van der Waals surface area contributed by atoms with Crippen molar-refractivity contribution in [2.75, 3.05) is 13.1 Å². The standard InChI is InChI=1S/C30H38N4O2/c31-21-13-23-33(25-27-15-7-5-8-16-27)29(35)19-11-3-1-2-4-12-20-30(36)34(24-14-22-32)26-28-17-9-6-10-18-28/h5-10,15-18H,1-4,11-14,19-20,23-26H2. The van der Waals surface area contributed by atoms with E-state index in [0.717, 1.165) is 49.7 Å². The number of carbonyl (C=O) groups excluding carboxylic acids is 2. The molecule has 0 unspecified atom stereocenters. The van der Waals surface area contributed by atoms with E-state index in [4.69, 9.17) is 10.5 Å². The second-order valence-electron chi connectivity index (χ2n) is 9.04. The van der Waals surface area contributed by atoms with Gasteiger partial charge in [0.1, 0.15) is 0 Å². The predicted molar refractivity (Wildman–Crippen MR) is 141 cm³/mol.